The first-order chi connectivity index (χ1) is 12.0. The van der Waals surface area contributed by atoms with Gasteiger partial charge in [0.1, 0.15) is 0 Å². The number of carbonyl (C=O) groups is 2. The van der Waals surface area contributed by atoms with Crippen molar-refractivity contribution in [3.8, 4) is 0 Å². The summed E-state index contributed by atoms with van der Waals surface area (Å²) in [5, 5.41) is 0. The lowest BCUT2D eigenvalue weighted by Crippen LogP contribution is -2.22. The molecule has 140 valence electrons. The molecule has 0 saturated carbocycles. The lowest BCUT2D eigenvalue weighted by molar-refractivity contribution is -0.117. The van der Waals surface area contributed by atoms with Crippen molar-refractivity contribution in [3.63, 3.8) is 0 Å². The van der Waals surface area contributed by atoms with Crippen LogP contribution >= 0.6 is 0 Å². The second-order valence-electron chi connectivity index (χ2n) is 7.92. The Balaban J connectivity index is 0.000000273. The highest BCUT2D eigenvalue weighted by Crippen LogP contribution is 2.28. The molecule has 1 atom stereocenters. The first-order valence-corrected chi connectivity index (χ1v) is 9.14. The van der Waals surface area contributed by atoms with Gasteiger partial charge in [0.25, 0.3) is 0 Å². The van der Waals surface area contributed by atoms with Crippen LogP contribution in [0.4, 0.5) is 0 Å². The molecule has 26 heavy (non-hydrogen) atoms. The zero-order chi connectivity index (χ0) is 19.9. The molecule has 1 unspecified atom stereocenters. The average Bonchev–Trinajstić information content (AvgIpc) is 2.58. The molecule has 0 spiro atoms. The van der Waals surface area contributed by atoms with Crippen LogP contribution in [-0.4, -0.2) is 11.6 Å². The Labute approximate surface area is 158 Å². The average molecular weight is 353 g/mol. The van der Waals surface area contributed by atoms with E-state index in [1.165, 1.54) is 5.56 Å². The third-order valence-electron chi connectivity index (χ3n) is 4.91. The van der Waals surface area contributed by atoms with Crippen molar-refractivity contribution in [1.29, 1.82) is 0 Å². The number of carbonyl (C=O) groups excluding carboxylic acids is 2. The molecule has 0 saturated heterocycles. The predicted molar refractivity (Wildman–Crippen MR) is 110 cm³/mol. The van der Waals surface area contributed by atoms with Gasteiger partial charge in [0.05, 0.1) is 0 Å². The Morgan fingerprint density at radius 3 is 2.19 bits per heavy atom. The third kappa shape index (κ3) is 6.59. The summed E-state index contributed by atoms with van der Waals surface area (Å²) < 4.78 is 0. The zero-order valence-corrected chi connectivity index (χ0v) is 16.9. The molecule has 1 aliphatic carbocycles. The lowest BCUT2D eigenvalue weighted by atomic mass is 9.79. The van der Waals surface area contributed by atoms with Gasteiger partial charge in [-0.1, -0.05) is 69.0 Å². The minimum Gasteiger partial charge on any atom is -0.295 e. The molecule has 0 aliphatic heterocycles. The van der Waals surface area contributed by atoms with Gasteiger partial charge < -0.3 is 0 Å². The maximum Gasteiger partial charge on any atom is 0.158 e. The Bertz CT molecular complexity index is 705. The van der Waals surface area contributed by atoms with Gasteiger partial charge in [-0.2, -0.15) is 0 Å². The van der Waals surface area contributed by atoms with Crippen molar-refractivity contribution >= 4 is 11.6 Å². The Kier molecular flexibility index (Phi) is 7.95. The Morgan fingerprint density at radius 1 is 1.15 bits per heavy atom. The first-order valence-electron chi connectivity index (χ1n) is 9.14. The van der Waals surface area contributed by atoms with E-state index in [1.54, 1.807) is 6.92 Å². The summed E-state index contributed by atoms with van der Waals surface area (Å²) >= 11 is 0. The number of allylic oxidation sites excluding steroid dienone is 4. The minimum absolute atomic E-state index is 0.114. The Hall–Kier alpha value is -2.22. The number of Topliss-reactive ketones (excluding diaryl/α,β-unsaturated/α-hetero) is 2. The van der Waals surface area contributed by atoms with Gasteiger partial charge in [-0.3, -0.25) is 9.59 Å². The number of hydrogen-bond acceptors (Lipinski definition) is 2. The van der Waals surface area contributed by atoms with Crippen molar-refractivity contribution in [2.75, 3.05) is 0 Å². The fourth-order valence-electron chi connectivity index (χ4n) is 2.82. The molecule has 0 amide bonds. The van der Waals surface area contributed by atoms with E-state index in [0.29, 0.717) is 24.3 Å². The van der Waals surface area contributed by atoms with E-state index < -0.39 is 0 Å². The normalized spacial score (nSPS) is 16.9. The van der Waals surface area contributed by atoms with Crippen molar-refractivity contribution < 1.29 is 9.59 Å². The topological polar surface area (TPSA) is 34.1 Å². The van der Waals surface area contributed by atoms with Crippen molar-refractivity contribution in [2.45, 2.75) is 59.3 Å². The van der Waals surface area contributed by atoms with Crippen molar-refractivity contribution in [2.24, 2.45) is 5.92 Å². The molecule has 1 aromatic carbocycles. The van der Waals surface area contributed by atoms with Crippen LogP contribution in [0.2, 0.25) is 0 Å². The second kappa shape index (κ2) is 9.47. The summed E-state index contributed by atoms with van der Waals surface area (Å²) in [7, 11) is 0. The second-order valence-corrected chi connectivity index (χ2v) is 7.92. The number of rotatable bonds is 5. The highest BCUT2D eigenvalue weighted by Gasteiger charge is 2.24. The monoisotopic (exact) mass is 352 g/mol. The minimum atomic E-state index is -0.114. The van der Waals surface area contributed by atoms with Gasteiger partial charge in [0, 0.05) is 12.8 Å². The van der Waals surface area contributed by atoms with Crippen LogP contribution in [-0.2, 0) is 15.0 Å². The highest BCUT2D eigenvalue weighted by atomic mass is 16.1. The van der Waals surface area contributed by atoms with E-state index >= 15 is 0 Å². The summed E-state index contributed by atoms with van der Waals surface area (Å²) in [6.07, 6.45) is 4.20. The molecule has 0 aromatic heterocycles. The standard InChI is InChI=1S/C14H18O.C10H14O/c1-11(2)13(15)10-14(3,4)12-8-6-5-7-9-12;1-7(2)9-5-4-8(3)10(11)6-9/h5-9H,1,10H2,2-4H3;4,9H,1,5-6H2,2-3H3. The molecule has 2 nitrogen and oxygen atoms in total. The fourth-order valence-corrected chi connectivity index (χ4v) is 2.82. The zero-order valence-electron chi connectivity index (χ0n) is 16.9. The number of hydrogen-bond donors (Lipinski definition) is 0. The first kappa shape index (κ1) is 21.8. The molecule has 0 radical (unpaired) electrons. The lowest BCUT2D eigenvalue weighted by Gasteiger charge is -2.24. The quantitative estimate of drug-likeness (QED) is 0.482. The van der Waals surface area contributed by atoms with Crippen LogP contribution < -0.4 is 0 Å². The van der Waals surface area contributed by atoms with E-state index in [9.17, 15) is 9.59 Å². The molecule has 1 aliphatic rings. The van der Waals surface area contributed by atoms with E-state index in [2.05, 4.69) is 39.1 Å². The molecular formula is C24H32O2. The molecule has 2 heteroatoms. The van der Waals surface area contributed by atoms with E-state index in [0.717, 1.165) is 17.6 Å². The van der Waals surface area contributed by atoms with Gasteiger partial charge in [-0.25, -0.2) is 0 Å². The van der Waals surface area contributed by atoms with E-state index in [1.807, 2.05) is 38.1 Å². The number of benzene rings is 1. The molecule has 0 N–H and O–H groups in total. The van der Waals surface area contributed by atoms with Crippen LogP contribution in [0, 0.1) is 5.92 Å². The summed E-state index contributed by atoms with van der Waals surface area (Å²) in [6, 6.07) is 10.1. The van der Waals surface area contributed by atoms with Crippen LogP contribution in [0.5, 0.6) is 0 Å². The number of ketones is 2. The Morgan fingerprint density at radius 2 is 1.73 bits per heavy atom. The van der Waals surface area contributed by atoms with Gasteiger partial charge in [-0.05, 0) is 55.2 Å². The summed E-state index contributed by atoms with van der Waals surface area (Å²) in [5.74, 6) is 0.819. The van der Waals surface area contributed by atoms with Gasteiger partial charge in [0.15, 0.2) is 11.6 Å². The van der Waals surface area contributed by atoms with Gasteiger partial charge in [0.2, 0.25) is 0 Å². The van der Waals surface area contributed by atoms with Gasteiger partial charge in [-0.15, -0.1) is 0 Å². The maximum absolute atomic E-state index is 11.6. The van der Waals surface area contributed by atoms with Crippen LogP contribution in [0.3, 0.4) is 0 Å². The van der Waals surface area contributed by atoms with Crippen molar-refractivity contribution in [1.82, 2.24) is 0 Å². The molecule has 0 fully saturated rings. The molecule has 0 heterocycles. The SMILES string of the molecule is C=C(C)C(=O)CC(C)(C)c1ccccc1.C=C(C)C1CC=C(C)C(=O)C1. The predicted octanol–water partition coefficient (Wildman–Crippen LogP) is 5.99. The van der Waals surface area contributed by atoms with Gasteiger partial charge >= 0.3 is 0 Å². The van der Waals surface area contributed by atoms with E-state index in [-0.39, 0.29) is 17.0 Å². The van der Waals surface area contributed by atoms with Crippen LogP contribution in [0.1, 0.15) is 59.4 Å². The van der Waals surface area contributed by atoms with Crippen LogP contribution in [0.25, 0.3) is 0 Å². The maximum atomic E-state index is 11.6. The summed E-state index contributed by atoms with van der Waals surface area (Å²) in [6.45, 7) is 17.4. The van der Waals surface area contributed by atoms with Crippen LogP contribution in [0.15, 0.2) is 66.3 Å². The van der Waals surface area contributed by atoms with Crippen molar-refractivity contribution in [3.05, 3.63) is 71.8 Å². The molecular weight excluding hydrogens is 320 g/mol. The third-order valence-corrected chi connectivity index (χ3v) is 4.91. The largest absolute Gasteiger partial charge is 0.295 e. The molecule has 1 aromatic rings. The molecule has 2 rings (SSSR count). The summed E-state index contributed by atoms with van der Waals surface area (Å²) in [4.78, 5) is 22.8. The fraction of sp³-hybridized carbons (Fsp3) is 0.417. The smallest absolute Gasteiger partial charge is 0.158 e. The summed E-state index contributed by atoms with van der Waals surface area (Å²) in [5.41, 5.74) is 3.76. The molecule has 0 bridgehead atoms. The highest BCUT2D eigenvalue weighted by molar-refractivity contribution is 5.96. The van der Waals surface area contributed by atoms with E-state index in [4.69, 9.17) is 0 Å².